The second kappa shape index (κ2) is 12.0. The van der Waals surface area contributed by atoms with E-state index >= 15 is 0 Å². The first-order valence-electron chi connectivity index (χ1n) is 15.2. The summed E-state index contributed by atoms with van der Waals surface area (Å²) in [5.41, 5.74) is 8.32. The lowest BCUT2D eigenvalue weighted by Gasteiger charge is -2.13. The molecule has 5 aromatic carbocycles. The largest absolute Gasteiger partial charge is 0.256 e. The Labute approximate surface area is 267 Å². The Morgan fingerprint density at radius 1 is 0.326 bits per heavy atom. The van der Waals surface area contributed by atoms with Gasteiger partial charge in [0.1, 0.15) is 0 Å². The number of pyridine rings is 2. The Bertz CT molecular complexity index is 2240. The summed E-state index contributed by atoms with van der Waals surface area (Å²) in [4.78, 5) is 24.9. The van der Waals surface area contributed by atoms with Crippen molar-refractivity contribution < 1.29 is 0 Å². The Kier molecular flexibility index (Phi) is 7.09. The summed E-state index contributed by atoms with van der Waals surface area (Å²) in [6.45, 7) is 0. The van der Waals surface area contributed by atoms with Gasteiger partial charge < -0.3 is 0 Å². The zero-order chi connectivity index (χ0) is 30.7. The highest BCUT2D eigenvalue weighted by Gasteiger charge is 2.16. The number of benzene rings is 5. The molecule has 5 nitrogen and oxygen atoms in total. The fraction of sp³-hybridized carbons (Fsp3) is 0. The zero-order valence-electron chi connectivity index (χ0n) is 24.8. The first-order chi connectivity index (χ1) is 22.8. The highest BCUT2D eigenvalue weighted by molar-refractivity contribution is 5.96. The van der Waals surface area contributed by atoms with Crippen LogP contribution in [0.15, 0.2) is 164 Å². The first kappa shape index (κ1) is 27.2. The van der Waals surface area contributed by atoms with E-state index in [1.807, 2.05) is 115 Å². The fourth-order valence-electron chi connectivity index (χ4n) is 5.69. The molecular weight excluding hydrogens is 562 g/mol. The molecule has 0 radical (unpaired) electrons. The summed E-state index contributed by atoms with van der Waals surface area (Å²) in [7, 11) is 0. The number of nitrogens with zero attached hydrogens (tertiary/aromatic N) is 5. The van der Waals surface area contributed by atoms with Crippen molar-refractivity contribution in [3.8, 4) is 67.9 Å². The number of aromatic nitrogens is 5. The quantitative estimate of drug-likeness (QED) is 0.193. The van der Waals surface area contributed by atoms with Gasteiger partial charge in [-0.25, -0.2) is 19.9 Å². The van der Waals surface area contributed by atoms with E-state index in [4.69, 9.17) is 24.9 Å². The van der Waals surface area contributed by atoms with Crippen molar-refractivity contribution in [2.24, 2.45) is 0 Å². The summed E-state index contributed by atoms with van der Waals surface area (Å²) in [5.74, 6) is 1.81. The van der Waals surface area contributed by atoms with Gasteiger partial charge in [-0.2, -0.15) is 0 Å². The molecule has 8 aromatic rings. The molecule has 0 N–H and O–H groups in total. The van der Waals surface area contributed by atoms with Gasteiger partial charge in [0.05, 0.1) is 17.1 Å². The standard InChI is InChI=1S/C41H27N5/c1-4-14-29(15-5-1)36-21-12-22-37(43-36)32-25-33(38-35-20-11-10-13-28(35)23-24-42-38)27-34(26-32)41-45-39(30-16-6-2-7-17-30)44-40(46-41)31-18-8-3-9-19-31/h1-27H. The van der Waals surface area contributed by atoms with Crippen LogP contribution in [0.2, 0.25) is 0 Å². The third-order valence-electron chi connectivity index (χ3n) is 7.95. The van der Waals surface area contributed by atoms with Crippen LogP contribution in [0, 0.1) is 0 Å². The van der Waals surface area contributed by atoms with E-state index in [0.717, 1.165) is 61.2 Å². The highest BCUT2D eigenvalue weighted by atomic mass is 15.0. The zero-order valence-corrected chi connectivity index (χ0v) is 24.8. The lowest BCUT2D eigenvalue weighted by atomic mass is 9.97. The molecule has 8 rings (SSSR count). The van der Waals surface area contributed by atoms with E-state index in [1.165, 1.54) is 0 Å². The van der Waals surface area contributed by atoms with Gasteiger partial charge >= 0.3 is 0 Å². The second-order valence-corrected chi connectivity index (χ2v) is 11.0. The van der Waals surface area contributed by atoms with Crippen molar-refractivity contribution in [2.45, 2.75) is 0 Å². The summed E-state index contributed by atoms with van der Waals surface area (Å²) in [5, 5.41) is 2.20. The van der Waals surface area contributed by atoms with Gasteiger partial charge in [-0.1, -0.05) is 121 Å². The molecule has 0 spiro atoms. The topological polar surface area (TPSA) is 64.5 Å². The summed E-state index contributed by atoms with van der Waals surface area (Å²) < 4.78 is 0. The van der Waals surface area contributed by atoms with E-state index in [9.17, 15) is 0 Å². The van der Waals surface area contributed by atoms with Gasteiger partial charge in [0.25, 0.3) is 0 Å². The van der Waals surface area contributed by atoms with Crippen LogP contribution in [0.3, 0.4) is 0 Å². The van der Waals surface area contributed by atoms with Gasteiger partial charge in [0.2, 0.25) is 0 Å². The average Bonchev–Trinajstić information content (AvgIpc) is 3.15. The van der Waals surface area contributed by atoms with E-state index in [0.29, 0.717) is 17.5 Å². The number of fused-ring (bicyclic) bond motifs is 1. The minimum atomic E-state index is 0.579. The maximum atomic E-state index is 5.10. The third-order valence-corrected chi connectivity index (χ3v) is 7.95. The molecule has 0 aliphatic rings. The van der Waals surface area contributed by atoms with Crippen LogP contribution in [0.4, 0.5) is 0 Å². The summed E-state index contributed by atoms with van der Waals surface area (Å²) >= 11 is 0. The van der Waals surface area contributed by atoms with E-state index in [1.54, 1.807) is 0 Å². The molecule has 0 aliphatic heterocycles. The average molecular weight is 590 g/mol. The predicted molar refractivity (Wildman–Crippen MR) is 186 cm³/mol. The Morgan fingerprint density at radius 2 is 0.826 bits per heavy atom. The smallest absolute Gasteiger partial charge is 0.164 e. The van der Waals surface area contributed by atoms with Crippen LogP contribution >= 0.6 is 0 Å². The molecule has 5 heteroatoms. The van der Waals surface area contributed by atoms with Crippen molar-refractivity contribution in [1.82, 2.24) is 24.9 Å². The maximum Gasteiger partial charge on any atom is 0.164 e. The van der Waals surface area contributed by atoms with Crippen LogP contribution in [0.1, 0.15) is 0 Å². The molecule has 0 amide bonds. The van der Waals surface area contributed by atoms with Gasteiger partial charge in [-0.05, 0) is 41.8 Å². The van der Waals surface area contributed by atoms with Crippen molar-refractivity contribution >= 4 is 10.8 Å². The molecule has 0 bridgehead atoms. The SMILES string of the molecule is c1ccc(-c2cccc(-c3cc(-c4nc(-c5ccccc5)nc(-c5ccccc5)n4)cc(-c4nccc5ccccc45)c3)n2)cc1. The fourth-order valence-corrected chi connectivity index (χ4v) is 5.69. The van der Waals surface area contributed by atoms with Gasteiger partial charge in [-0.15, -0.1) is 0 Å². The third kappa shape index (κ3) is 5.42. The van der Waals surface area contributed by atoms with Crippen LogP contribution in [0.25, 0.3) is 78.7 Å². The van der Waals surface area contributed by atoms with Crippen LogP contribution < -0.4 is 0 Å². The van der Waals surface area contributed by atoms with Gasteiger partial charge in [0, 0.05) is 45.0 Å². The molecule has 3 heterocycles. The van der Waals surface area contributed by atoms with Crippen molar-refractivity contribution in [2.75, 3.05) is 0 Å². The van der Waals surface area contributed by atoms with Crippen LogP contribution in [-0.2, 0) is 0 Å². The maximum absolute atomic E-state index is 5.10. The lowest BCUT2D eigenvalue weighted by Crippen LogP contribution is -2.01. The Balaban J connectivity index is 1.37. The highest BCUT2D eigenvalue weighted by Crippen LogP contribution is 2.35. The molecule has 0 saturated carbocycles. The minimum Gasteiger partial charge on any atom is -0.256 e. The lowest BCUT2D eigenvalue weighted by molar-refractivity contribution is 1.07. The minimum absolute atomic E-state index is 0.579. The Morgan fingerprint density at radius 3 is 1.48 bits per heavy atom. The van der Waals surface area contributed by atoms with E-state index in [-0.39, 0.29) is 0 Å². The summed E-state index contributed by atoms with van der Waals surface area (Å²) in [6, 6.07) is 53.2. The van der Waals surface area contributed by atoms with Crippen LogP contribution in [0.5, 0.6) is 0 Å². The van der Waals surface area contributed by atoms with Gasteiger partial charge in [0.15, 0.2) is 17.5 Å². The van der Waals surface area contributed by atoms with Gasteiger partial charge in [-0.3, -0.25) is 4.98 Å². The predicted octanol–water partition coefficient (Wildman–Crippen LogP) is 9.82. The normalized spacial score (nSPS) is 11.0. The molecular formula is C41H27N5. The molecule has 0 fully saturated rings. The van der Waals surface area contributed by atoms with E-state index in [2.05, 4.69) is 48.5 Å². The second-order valence-electron chi connectivity index (χ2n) is 11.0. The molecule has 0 aliphatic carbocycles. The van der Waals surface area contributed by atoms with Crippen LogP contribution in [-0.4, -0.2) is 24.9 Å². The number of rotatable bonds is 6. The molecule has 3 aromatic heterocycles. The summed E-state index contributed by atoms with van der Waals surface area (Å²) in [6.07, 6.45) is 1.86. The Hall–Kier alpha value is -6.33. The number of hydrogen-bond acceptors (Lipinski definition) is 5. The monoisotopic (exact) mass is 589 g/mol. The molecule has 0 atom stereocenters. The molecule has 0 saturated heterocycles. The van der Waals surface area contributed by atoms with E-state index < -0.39 is 0 Å². The molecule has 46 heavy (non-hydrogen) atoms. The molecule has 0 unspecified atom stereocenters. The first-order valence-corrected chi connectivity index (χ1v) is 15.2. The van der Waals surface area contributed by atoms with Crippen molar-refractivity contribution in [3.05, 3.63) is 164 Å². The van der Waals surface area contributed by atoms with Crippen molar-refractivity contribution in [3.63, 3.8) is 0 Å². The number of hydrogen-bond donors (Lipinski definition) is 0. The molecule has 216 valence electrons. The van der Waals surface area contributed by atoms with Crippen molar-refractivity contribution in [1.29, 1.82) is 0 Å².